The molecule has 0 bridgehead atoms. The van der Waals surface area contributed by atoms with E-state index in [0.29, 0.717) is 31.1 Å². The van der Waals surface area contributed by atoms with Crippen LogP contribution in [0.2, 0.25) is 0 Å². The zero-order chi connectivity index (χ0) is 36.2. The van der Waals surface area contributed by atoms with Crippen LogP contribution in [-0.4, -0.2) is 134 Å². The first-order chi connectivity index (χ1) is 24.1. The fourth-order valence-corrected chi connectivity index (χ4v) is 11.8. The maximum Gasteiger partial charge on any atom is 0.186 e. The standard InChI is InChI=1S/C38H60O13/c1-18-7-12-37(47-16-18)14-24-25(51-37)15-38(45)23-6-5-20-13-21(8-10-35(20,3)22(23)9-11-36(24,38)4)49-34-32(44)30(42)28(40)26(50-34)17-46-33-31(43)29(41)27(39)19(2)48-33/h5,18-19,21-34,39-45H,6-17H2,1-4H3. The highest BCUT2D eigenvalue weighted by Gasteiger charge is 2.72. The summed E-state index contributed by atoms with van der Waals surface area (Å²) in [5, 5.41) is 75.4. The number of rotatable bonds is 5. The molecule has 7 N–H and O–H groups in total. The zero-order valence-corrected chi connectivity index (χ0v) is 30.4. The summed E-state index contributed by atoms with van der Waals surface area (Å²) in [6.07, 6.45) is -2.77. The van der Waals surface area contributed by atoms with Gasteiger partial charge in [-0.15, -0.1) is 0 Å². The lowest BCUT2D eigenvalue weighted by Crippen LogP contribution is -2.62. The van der Waals surface area contributed by atoms with Gasteiger partial charge >= 0.3 is 0 Å². The van der Waals surface area contributed by atoms with Crippen LogP contribution in [0.25, 0.3) is 0 Å². The first-order valence-corrected chi connectivity index (χ1v) is 19.5. The van der Waals surface area contributed by atoms with E-state index in [9.17, 15) is 35.7 Å². The van der Waals surface area contributed by atoms with Crippen LogP contribution in [0.3, 0.4) is 0 Å². The molecule has 8 aliphatic rings. The van der Waals surface area contributed by atoms with Gasteiger partial charge in [0.1, 0.15) is 42.7 Å². The van der Waals surface area contributed by atoms with Gasteiger partial charge in [-0.3, -0.25) is 0 Å². The first-order valence-electron chi connectivity index (χ1n) is 19.5. The number of allylic oxidation sites excluding steroid dienone is 1. The molecule has 0 amide bonds. The summed E-state index contributed by atoms with van der Waals surface area (Å²) in [7, 11) is 0. The van der Waals surface area contributed by atoms with Crippen molar-refractivity contribution in [2.45, 2.75) is 177 Å². The van der Waals surface area contributed by atoms with Crippen molar-refractivity contribution in [2.75, 3.05) is 13.2 Å². The van der Waals surface area contributed by atoms with Gasteiger partial charge in [0.05, 0.1) is 37.1 Å². The van der Waals surface area contributed by atoms with E-state index in [0.717, 1.165) is 51.6 Å². The van der Waals surface area contributed by atoms with Gasteiger partial charge in [-0.25, -0.2) is 0 Å². The van der Waals surface area contributed by atoms with Crippen molar-refractivity contribution in [2.24, 2.45) is 34.5 Å². The van der Waals surface area contributed by atoms with Crippen molar-refractivity contribution in [3.8, 4) is 0 Å². The molecule has 8 rings (SSSR count). The predicted molar refractivity (Wildman–Crippen MR) is 178 cm³/mol. The van der Waals surface area contributed by atoms with E-state index in [-0.39, 0.29) is 41.5 Å². The van der Waals surface area contributed by atoms with Gasteiger partial charge in [-0.05, 0) is 81.0 Å². The van der Waals surface area contributed by atoms with Crippen molar-refractivity contribution in [1.29, 1.82) is 0 Å². The molecular formula is C38H60O13. The van der Waals surface area contributed by atoms with Crippen LogP contribution in [0.1, 0.15) is 91.9 Å². The molecule has 7 fully saturated rings. The number of aliphatic hydroxyl groups is 7. The molecule has 0 aromatic carbocycles. The minimum atomic E-state index is -1.57. The topological polar surface area (TPSA) is 197 Å². The van der Waals surface area contributed by atoms with E-state index in [1.54, 1.807) is 0 Å². The Kier molecular flexibility index (Phi) is 9.60. The number of hydrogen-bond acceptors (Lipinski definition) is 13. The van der Waals surface area contributed by atoms with Crippen molar-refractivity contribution >= 4 is 0 Å². The van der Waals surface area contributed by atoms with Crippen LogP contribution in [0.4, 0.5) is 0 Å². The first kappa shape index (κ1) is 37.2. The number of aliphatic hydroxyl groups excluding tert-OH is 6. The maximum absolute atomic E-state index is 12.7. The molecule has 1 spiro atoms. The fraction of sp³-hybridized carbons (Fsp3) is 0.947. The molecule has 13 heteroatoms. The summed E-state index contributed by atoms with van der Waals surface area (Å²) >= 11 is 0. The molecule has 0 radical (unpaired) electrons. The normalized spacial score (nSPS) is 58.4. The van der Waals surface area contributed by atoms with E-state index in [4.69, 9.17) is 28.4 Å². The third-order valence-electron chi connectivity index (χ3n) is 15.2. The summed E-state index contributed by atoms with van der Waals surface area (Å²) < 4.78 is 36.5. The van der Waals surface area contributed by atoms with E-state index >= 15 is 0 Å². The highest BCUT2D eigenvalue weighted by atomic mass is 16.7. The molecule has 0 aromatic rings. The number of fused-ring (bicyclic) bond motifs is 7. The lowest BCUT2D eigenvalue weighted by atomic mass is 9.45. The second kappa shape index (κ2) is 13.2. The summed E-state index contributed by atoms with van der Waals surface area (Å²) in [5.74, 6) is 0.819. The molecule has 0 aromatic heterocycles. The molecule has 290 valence electrons. The van der Waals surface area contributed by atoms with Crippen LogP contribution < -0.4 is 0 Å². The van der Waals surface area contributed by atoms with Gasteiger partial charge in [0, 0.05) is 24.7 Å². The largest absolute Gasteiger partial charge is 0.389 e. The van der Waals surface area contributed by atoms with Crippen LogP contribution in [0, 0.1) is 34.5 Å². The van der Waals surface area contributed by atoms with E-state index in [1.165, 1.54) is 12.5 Å². The van der Waals surface area contributed by atoms with Crippen molar-refractivity contribution in [1.82, 2.24) is 0 Å². The smallest absolute Gasteiger partial charge is 0.186 e. The quantitative estimate of drug-likeness (QED) is 0.201. The molecule has 4 aliphatic carbocycles. The zero-order valence-electron chi connectivity index (χ0n) is 30.4. The molecule has 4 aliphatic heterocycles. The van der Waals surface area contributed by atoms with Gasteiger partial charge in [0.25, 0.3) is 0 Å². The van der Waals surface area contributed by atoms with Gasteiger partial charge in [0.2, 0.25) is 0 Å². The summed E-state index contributed by atoms with van der Waals surface area (Å²) in [5.41, 5.74) is 0.165. The Balaban J connectivity index is 0.916. The van der Waals surface area contributed by atoms with E-state index in [1.807, 2.05) is 0 Å². The van der Waals surface area contributed by atoms with Crippen molar-refractivity contribution < 1.29 is 64.2 Å². The second-order valence-corrected chi connectivity index (χ2v) is 18.0. The van der Waals surface area contributed by atoms with Gasteiger partial charge in [-0.1, -0.05) is 32.4 Å². The molecule has 13 nitrogen and oxygen atoms in total. The second-order valence-electron chi connectivity index (χ2n) is 18.0. The number of ether oxygens (including phenoxy) is 6. The average molecular weight is 725 g/mol. The Morgan fingerprint density at radius 2 is 1.53 bits per heavy atom. The molecule has 4 saturated heterocycles. The SMILES string of the molecule is CC1CCC2(CC3C(CC4(O)C5CC=C6CC(OC7OC(COC8OC(C)C(O)C(O)C8O)C(O)C(O)C7O)CCC6(C)C5CCC34C)O2)OC1. The van der Waals surface area contributed by atoms with Crippen LogP contribution in [0.5, 0.6) is 0 Å². The minimum Gasteiger partial charge on any atom is -0.389 e. The molecule has 20 unspecified atom stereocenters. The summed E-state index contributed by atoms with van der Waals surface area (Å²) in [6, 6.07) is 0. The van der Waals surface area contributed by atoms with Crippen molar-refractivity contribution in [3.05, 3.63) is 11.6 Å². The van der Waals surface area contributed by atoms with Crippen LogP contribution >= 0.6 is 0 Å². The van der Waals surface area contributed by atoms with Gasteiger partial charge in [-0.2, -0.15) is 0 Å². The lowest BCUT2D eigenvalue weighted by molar-refractivity contribution is -0.334. The predicted octanol–water partition coefficient (Wildman–Crippen LogP) is 1.26. The van der Waals surface area contributed by atoms with Crippen LogP contribution in [0.15, 0.2) is 11.6 Å². The average Bonchev–Trinajstić information content (AvgIpc) is 3.56. The molecule has 3 saturated carbocycles. The van der Waals surface area contributed by atoms with Gasteiger partial charge in [0.15, 0.2) is 18.4 Å². The minimum absolute atomic E-state index is 0.0165. The Hall–Kier alpha value is -0.780. The lowest BCUT2D eigenvalue weighted by Gasteiger charge is -2.61. The highest BCUT2D eigenvalue weighted by Crippen LogP contribution is 2.71. The fourth-order valence-electron chi connectivity index (χ4n) is 11.8. The Labute approximate surface area is 300 Å². The monoisotopic (exact) mass is 724 g/mol. The molecule has 51 heavy (non-hydrogen) atoms. The maximum atomic E-state index is 12.7. The third kappa shape index (κ3) is 5.83. The summed E-state index contributed by atoms with van der Waals surface area (Å²) in [4.78, 5) is 0. The Morgan fingerprint density at radius 1 is 0.784 bits per heavy atom. The molecule has 20 atom stereocenters. The van der Waals surface area contributed by atoms with E-state index in [2.05, 4.69) is 26.8 Å². The molecular weight excluding hydrogens is 664 g/mol. The molecule has 4 heterocycles. The highest BCUT2D eigenvalue weighted by molar-refractivity contribution is 5.29. The van der Waals surface area contributed by atoms with Gasteiger partial charge < -0.3 is 64.2 Å². The van der Waals surface area contributed by atoms with Crippen LogP contribution in [-0.2, 0) is 28.4 Å². The number of hydrogen-bond donors (Lipinski definition) is 7. The Morgan fingerprint density at radius 3 is 2.27 bits per heavy atom. The summed E-state index contributed by atoms with van der Waals surface area (Å²) in [6.45, 7) is 8.82. The van der Waals surface area contributed by atoms with Crippen molar-refractivity contribution in [3.63, 3.8) is 0 Å². The Bertz CT molecular complexity index is 1320. The third-order valence-corrected chi connectivity index (χ3v) is 15.2. The van der Waals surface area contributed by atoms with E-state index < -0.39 is 72.8 Å².